The molecule has 108 valence electrons. The molecule has 0 spiro atoms. The number of piperazine rings is 1. The lowest BCUT2D eigenvalue weighted by molar-refractivity contribution is -0.146. The van der Waals surface area contributed by atoms with Crippen molar-refractivity contribution in [3.63, 3.8) is 0 Å². The molecular weight excluding hydrogens is 252 g/mol. The molecule has 0 saturated carbocycles. The minimum absolute atomic E-state index is 0.0144. The Balaban J connectivity index is 2.21. The van der Waals surface area contributed by atoms with E-state index in [1.165, 1.54) is 5.56 Å². The highest BCUT2D eigenvalue weighted by Crippen LogP contribution is 2.17. The summed E-state index contributed by atoms with van der Waals surface area (Å²) in [5.74, 6) is 0.0435. The molecule has 4 nitrogen and oxygen atoms in total. The molecule has 1 unspecified atom stereocenters. The van der Waals surface area contributed by atoms with Crippen molar-refractivity contribution in [3.8, 4) is 0 Å². The van der Waals surface area contributed by atoms with E-state index in [1.807, 2.05) is 27.7 Å². The molecule has 1 aliphatic heterocycles. The van der Waals surface area contributed by atoms with Gasteiger partial charge in [0, 0.05) is 6.54 Å². The number of rotatable bonds is 3. The Morgan fingerprint density at radius 1 is 1.30 bits per heavy atom. The number of amides is 2. The fraction of sp³-hybridized carbons (Fsp3) is 0.500. The van der Waals surface area contributed by atoms with E-state index in [0.717, 1.165) is 11.1 Å². The second-order valence-corrected chi connectivity index (χ2v) is 5.91. The van der Waals surface area contributed by atoms with Crippen molar-refractivity contribution in [1.82, 2.24) is 10.2 Å². The molecule has 1 aromatic rings. The largest absolute Gasteiger partial charge is 0.343 e. The van der Waals surface area contributed by atoms with Gasteiger partial charge in [-0.25, -0.2) is 0 Å². The van der Waals surface area contributed by atoms with E-state index >= 15 is 0 Å². The van der Waals surface area contributed by atoms with Crippen LogP contribution in [0.25, 0.3) is 0 Å². The highest BCUT2D eigenvalue weighted by atomic mass is 16.2. The summed E-state index contributed by atoms with van der Waals surface area (Å²) in [5, 5.41) is 2.78. The van der Waals surface area contributed by atoms with E-state index < -0.39 is 6.04 Å². The molecule has 0 aromatic heterocycles. The highest BCUT2D eigenvalue weighted by molar-refractivity contribution is 5.94. The molecule has 0 radical (unpaired) electrons. The summed E-state index contributed by atoms with van der Waals surface area (Å²) in [6.07, 6.45) is 0. The first-order chi connectivity index (χ1) is 9.38. The lowest BCUT2D eigenvalue weighted by atomic mass is 9.99. The molecule has 20 heavy (non-hydrogen) atoms. The summed E-state index contributed by atoms with van der Waals surface area (Å²) < 4.78 is 0. The maximum absolute atomic E-state index is 12.4. The number of hydrogen-bond donors (Lipinski definition) is 1. The van der Waals surface area contributed by atoms with Gasteiger partial charge in [-0.05, 0) is 30.9 Å². The topological polar surface area (TPSA) is 49.4 Å². The van der Waals surface area contributed by atoms with E-state index in [4.69, 9.17) is 0 Å². The van der Waals surface area contributed by atoms with Gasteiger partial charge < -0.3 is 10.2 Å². The Kier molecular flexibility index (Phi) is 4.12. The number of aryl methyl sites for hydroxylation is 2. The highest BCUT2D eigenvalue weighted by Gasteiger charge is 2.34. The van der Waals surface area contributed by atoms with Crippen LogP contribution in [0.5, 0.6) is 0 Å². The van der Waals surface area contributed by atoms with E-state index in [0.29, 0.717) is 6.54 Å². The molecule has 0 bridgehead atoms. The van der Waals surface area contributed by atoms with Gasteiger partial charge in [0.1, 0.15) is 6.04 Å². The van der Waals surface area contributed by atoms with Crippen molar-refractivity contribution >= 4 is 11.8 Å². The quantitative estimate of drug-likeness (QED) is 0.913. The average molecular weight is 274 g/mol. The third-order valence-corrected chi connectivity index (χ3v) is 3.76. The fourth-order valence-electron chi connectivity index (χ4n) is 2.49. The molecule has 1 aromatic carbocycles. The Morgan fingerprint density at radius 3 is 2.65 bits per heavy atom. The number of nitrogens with zero attached hydrogens (tertiary/aromatic N) is 1. The summed E-state index contributed by atoms with van der Waals surface area (Å²) in [7, 11) is 0. The Bertz CT molecular complexity index is 537. The second kappa shape index (κ2) is 5.65. The van der Waals surface area contributed by atoms with Gasteiger partial charge in [0.05, 0.1) is 6.54 Å². The number of nitrogens with one attached hydrogen (secondary N) is 1. The van der Waals surface area contributed by atoms with Crippen LogP contribution in [0, 0.1) is 19.8 Å². The van der Waals surface area contributed by atoms with E-state index in [-0.39, 0.29) is 24.3 Å². The normalized spacial score (nSPS) is 19.4. The zero-order valence-corrected chi connectivity index (χ0v) is 12.6. The fourth-order valence-corrected chi connectivity index (χ4v) is 2.49. The molecule has 2 amide bonds. The van der Waals surface area contributed by atoms with Gasteiger partial charge in [0.25, 0.3) is 0 Å². The van der Waals surface area contributed by atoms with Gasteiger partial charge in [-0.3, -0.25) is 9.59 Å². The van der Waals surface area contributed by atoms with Crippen LogP contribution < -0.4 is 5.32 Å². The number of benzene rings is 1. The first-order valence-electron chi connectivity index (χ1n) is 7.02. The molecule has 1 atom stereocenters. The molecule has 0 aliphatic carbocycles. The first kappa shape index (κ1) is 14.6. The van der Waals surface area contributed by atoms with Crippen LogP contribution in [-0.4, -0.2) is 29.3 Å². The predicted molar refractivity (Wildman–Crippen MR) is 78.1 cm³/mol. The second-order valence-electron chi connectivity index (χ2n) is 5.91. The molecule has 4 heteroatoms. The molecule has 1 N–H and O–H groups in total. The minimum Gasteiger partial charge on any atom is -0.343 e. The summed E-state index contributed by atoms with van der Waals surface area (Å²) in [6.45, 7) is 8.61. The molecule has 1 heterocycles. The van der Waals surface area contributed by atoms with Crippen LogP contribution >= 0.6 is 0 Å². The van der Waals surface area contributed by atoms with Crippen molar-refractivity contribution in [2.45, 2.75) is 40.3 Å². The van der Waals surface area contributed by atoms with Crippen LogP contribution in [0.3, 0.4) is 0 Å². The standard InChI is InChI=1S/C16H22N2O2/c1-10(2)15-16(20)18(9-14(19)17-15)8-13-7-11(3)5-6-12(13)4/h5-7,10,15H,8-9H2,1-4H3,(H,17,19). The van der Waals surface area contributed by atoms with Gasteiger partial charge >= 0.3 is 0 Å². The number of hydrogen-bond acceptors (Lipinski definition) is 2. The third kappa shape index (κ3) is 3.00. The Hall–Kier alpha value is -1.84. The Morgan fingerprint density at radius 2 is 2.00 bits per heavy atom. The Labute approximate surface area is 120 Å². The van der Waals surface area contributed by atoms with Crippen LogP contribution in [0.4, 0.5) is 0 Å². The molecule has 1 saturated heterocycles. The SMILES string of the molecule is Cc1ccc(C)c(CN2CC(=O)NC(C(C)C)C2=O)c1. The third-order valence-electron chi connectivity index (χ3n) is 3.76. The monoisotopic (exact) mass is 274 g/mol. The lowest BCUT2D eigenvalue weighted by Gasteiger charge is -2.34. The maximum Gasteiger partial charge on any atom is 0.246 e. The minimum atomic E-state index is -0.402. The zero-order valence-electron chi connectivity index (χ0n) is 12.6. The smallest absolute Gasteiger partial charge is 0.246 e. The number of carbonyl (C=O) groups is 2. The zero-order chi connectivity index (χ0) is 14.9. The van der Waals surface area contributed by atoms with Gasteiger partial charge in [-0.2, -0.15) is 0 Å². The lowest BCUT2D eigenvalue weighted by Crippen LogP contribution is -2.59. The summed E-state index contributed by atoms with van der Waals surface area (Å²) >= 11 is 0. The number of carbonyl (C=O) groups excluding carboxylic acids is 2. The van der Waals surface area contributed by atoms with E-state index in [9.17, 15) is 9.59 Å². The molecule has 1 fully saturated rings. The average Bonchev–Trinajstić information content (AvgIpc) is 2.37. The van der Waals surface area contributed by atoms with Gasteiger partial charge in [0.15, 0.2) is 0 Å². The van der Waals surface area contributed by atoms with Crippen molar-refractivity contribution in [2.75, 3.05) is 6.54 Å². The summed E-state index contributed by atoms with van der Waals surface area (Å²) in [4.78, 5) is 25.9. The first-order valence-corrected chi connectivity index (χ1v) is 7.02. The van der Waals surface area contributed by atoms with Crippen molar-refractivity contribution in [1.29, 1.82) is 0 Å². The van der Waals surface area contributed by atoms with Crippen LogP contribution in [0.2, 0.25) is 0 Å². The maximum atomic E-state index is 12.4. The van der Waals surface area contributed by atoms with Gasteiger partial charge in [0.2, 0.25) is 11.8 Å². The van der Waals surface area contributed by atoms with Crippen molar-refractivity contribution in [2.24, 2.45) is 5.92 Å². The van der Waals surface area contributed by atoms with Crippen LogP contribution in [-0.2, 0) is 16.1 Å². The van der Waals surface area contributed by atoms with Crippen LogP contribution in [0.15, 0.2) is 18.2 Å². The molecular formula is C16H22N2O2. The summed E-state index contributed by atoms with van der Waals surface area (Å²) in [6, 6.07) is 5.79. The van der Waals surface area contributed by atoms with Gasteiger partial charge in [-0.15, -0.1) is 0 Å². The van der Waals surface area contributed by atoms with Gasteiger partial charge in [-0.1, -0.05) is 37.6 Å². The predicted octanol–water partition coefficient (Wildman–Crippen LogP) is 1.79. The van der Waals surface area contributed by atoms with E-state index in [2.05, 4.69) is 23.5 Å². The van der Waals surface area contributed by atoms with Crippen molar-refractivity contribution < 1.29 is 9.59 Å². The molecule has 1 aliphatic rings. The molecule has 2 rings (SSSR count). The van der Waals surface area contributed by atoms with E-state index in [1.54, 1.807) is 4.90 Å². The van der Waals surface area contributed by atoms with Crippen LogP contribution in [0.1, 0.15) is 30.5 Å². The van der Waals surface area contributed by atoms with Crippen molar-refractivity contribution in [3.05, 3.63) is 34.9 Å². The summed E-state index contributed by atoms with van der Waals surface area (Å²) in [5.41, 5.74) is 3.42.